The highest BCUT2D eigenvalue weighted by Crippen LogP contribution is 2.22. The molecule has 0 saturated carbocycles. The Labute approximate surface area is 88.3 Å². The molecular formula is C12H25NO. The molecule has 2 atom stereocenters. The van der Waals surface area contributed by atoms with Gasteiger partial charge in [0.1, 0.15) is 0 Å². The molecule has 0 radical (unpaired) electrons. The lowest BCUT2D eigenvalue weighted by atomic mass is 10.1. The fourth-order valence-electron chi connectivity index (χ4n) is 2.33. The topological polar surface area (TPSA) is 23.5 Å². The summed E-state index contributed by atoms with van der Waals surface area (Å²) in [6.07, 6.45) is 7.33. The van der Waals surface area contributed by atoms with E-state index in [0.717, 1.165) is 13.0 Å². The van der Waals surface area contributed by atoms with Gasteiger partial charge in [-0.15, -0.1) is 0 Å². The molecular weight excluding hydrogens is 174 g/mol. The first-order valence-corrected chi connectivity index (χ1v) is 6.20. The third-order valence-corrected chi connectivity index (χ3v) is 3.20. The van der Waals surface area contributed by atoms with Gasteiger partial charge in [-0.3, -0.25) is 4.90 Å². The Bertz CT molecular complexity index is 133. The van der Waals surface area contributed by atoms with E-state index in [1.165, 1.54) is 38.6 Å². The Morgan fingerprint density at radius 2 is 1.93 bits per heavy atom. The molecule has 2 nitrogen and oxygen atoms in total. The number of hydrogen-bond donors (Lipinski definition) is 1. The van der Waals surface area contributed by atoms with Crippen LogP contribution in [0.25, 0.3) is 0 Å². The summed E-state index contributed by atoms with van der Waals surface area (Å²) in [5.41, 5.74) is 0. The van der Waals surface area contributed by atoms with Crippen molar-refractivity contribution in [3.63, 3.8) is 0 Å². The van der Waals surface area contributed by atoms with Crippen LogP contribution in [0.4, 0.5) is 0 Å². The second-order valence-electron chi connectivity index (χ2n) is 4.53. The van der Waals surface area contributed by atoms with Gasteiger partial charge in [-0.25, -0.2) is 0 Å². The molecule has 1 aliphatic heterocycles. The van der Waals surface area contributed by atoms with Crippen molar-refractivity contribution in [2.45, 2.75) is 64.5 Å². The minimum absolute atomic E-state index is 0.0614. The molecule has 0 aromatic carbocycles. The molecule has 1 aliphatic rings. The monoisotopic (exact) mass is 199 g/mol. The number of aliphatic hydroxyl groups is 1. The molecule has 84 valence electrons. The predicted molar refractivity (Wildman–Crippen MR) is 60.4 cm³/mol. The van der Waals surface area contributed by atoms with Crippen molar-refractivity contribution in [2.75, 3.05) is 13.1 Å². The summed E-state index contributed by atoms with van der Waals surface area (Å²) < 4.78 is 0. The van der Waals surface area contributed by atoms with E-state index in [-0.39, 0.29) is 6.10 Å². The zero-order valence-corrected chi connectivity index (χ0v) is 9.71. The van der Waals surface area contributed by atoms with Crippen LogP contribution in [-0.4, -0.2) is 35.2 Å². The Morgan fingerprint density at radius 3 is 2.57 bits per heavy atom. The zero-order chi connectivity index (χ0) is 10.4. The summed E-state index contributed by atoms with van der Waals surface area (Å²) in [5, 5.41) is 9.63. The molecule has 1 rings (SSSR count). The maximum atomic E-state index is 9.63. The first-order valence-electron chi connectivity index (χ1n) is 6.20. The minimum atomic E-state index is -0.0614. The molecule has 1 saturated heterocycles. The molecule has 14 heavy (non-hydrogen) atoms. The summed E-state index contributed by atoms with van der Waals surface area (Å²) in [5.74, 6) is 0. The van der Waals surface area contributed by atoms with E-state index in [1.807, 2.05) is 0 Å². The highest BCUT2D eigenvalue weighted by Gasteiger charge is 2.29. The molecule has 0 amide bonds. The Hall–Kier alpha value is -0.0800. The smallest absolute Gasteiger partial charge is 0.0682 e. The van der Waals surface area contributed by atoms with Gasteiger partial charge >= 0.3 is 0 Å². The number of rotatable bonds is 6. The normalized spacial score (nSPS) is 28.5. The highest BCUT2D eigenvalue weighted by molar-refractivity contribution is 4.84. The Balaban J connectivity index is 2.29. The van der Waals surface area contributed by atoms with Crippen molar-refractivity contribution in [1.29, 1.82) is 0 Å². The third kappa shape index (κ3) is 3.58. The van der Waals surface area contributed by atoms with Crippen molar-refractivity contribution in [1.82, 2.24) is 4.90 Å². The van der Waals surface area contributed by atoms with Gasteiger partial charge in [0.05, 0.1) is 6.10 Å². The molecule has 0 unspecified atom stereocenters. The summed E-state index contributed by atoms with van der Waals surface area (Å²) >= 11 is 0. The van der Waals surface area contributed by atoms with Crippen LogP contribution in [0.3, 0.4) is 0 Å². The first kappa shape index (κ1) is 12.0. The SMILES string of the molecule is CCCC[C@@H]1C[C@@H](O)CN1CCCC. The van der Waals surface area contributed by atoms with Gasteiger partial charge in [-0.2, -0.15) is 0 Å². The van der Waals surface area contributed by atoms with Gasteiger partial charge in [0, 0.05) is 12.6 Å². The lowest BCUT2D eigenvalue weighted by Crippen LogP contribution is -2.30. The minimum Gasteiger partial charge on any atom is -0.392 e. The van der Waals surface area contributed by atoms with Gasteiger partial charge in [-0.05, 0) is 25.8 Å². The number of aliphatic hydroxyl groups excluding tert-OH is 1. The van der Waals surface area contributed by atoms with E-state index in [4.69, 9.17) is 0 Å². The van der Waals surface area contributed by atoms with Crippen molar-refractivity contribution < 1.29 is 5.11 Å². The largest absolute Gasteiger partial charge is 0.392 e. The van der Waals surface area contributed by atoms with Crippen molar-refractivity contribution in [3.05, 3.63) is 0 Å². The zero-order valence-electron chi connectivity index (χ0n) is 9.71. The quantitative estimate of drug-likeness (QED) is 0.710. The summed E-state index contributed by atoms with van der Waals surface area (Å²) in [4.78, 5) is 2.49. The predicted octanol–water partition coefficient (Wildman–Crippen LogP) is 2.41. The van der Waals surface area contributed by atoms with E-state index < -0.39 is 0 Å². The van der Waals surface area contributed by atoms with Gasteiger partial charge in [0.15, 0.2) is 0 Å². The van der Waals surface area contributed by atoms with Crippen LogP contribution in [0.15, 0.2) is 0 Å². The Kier molecular flexibility index (Phi) is 5.49. The molecule has 2 heteroatoms. The van der Waals surface area contributed by atoms with Crippen LogP contribution in [0.1, 0.15) is 52.4 Å². The Morgan fingerprint density at radius 1 is 1.21 bits per heavy atom. The van der Waals surface area contributed by atoms with Crippen LogP contribution >= 0.6 is 0 Å². The van der Waals surface area contributed by atoms with Crippen molar-refractivity contribution >= 4 is 0 Å². The average Bonchev–Trinajstić information content (AvgIpc) is 2.52. The first-order chi connectivity index (χ1) is 6.77. The third-order valence-electron chi connectivity index (χ3n) is 3.20. The second-order valence-corrected chi connectivity index (χ2v) is 4.53. The second kappa shape index (κ2) is 6.41. The van der Waals surface area contributed by atoms with E-state index in [0.29, 0.717) is 6.04 Å². The van der Waals surface area contributed by atoms with Gasteiger partial charge in [-0.1, -0.05) is 33.1 Å². The lowest BCUT2D eigenvalue weighted by molar-refractivity contribution is 0.174. The van der Waals surface area contributed by atoms with Crippen molar-refractivity contribution in [2.24, 2.45) is 0 Å². The van der Waals surface area contributed by atoms with E-state index in [9.17, 15) is 5.11 Å². The summed E-state index contributed by atoms with van der Waals surface area (Å²) in [6, 6.07) is 0.663. The molecule has 0 aliphatic carbocycles. The molecule has 1 fully saturated rings. The average molecular weight is 199 g/mol. The summed E-state index contributed by atoms with van der Waals surface area (Å²) in [6.45, 7) is 6.56. The lowest BCUT2D eigenvalue weighted by Gasteiger charge is -2.23. The van der Waals surface area contributed by atoms with Crippen LogP contribution in [-0.2, 0) is 0 Å². The fourth-order valence-corrected chi connectivity index (χ4v) is 2.33. The number of β-amino-alcohol motifs (C(OH)–C–C–N with tert-alkyl or cyclic N) is 1. The van der Waals surface area contributed by atoms with E-state index in [2.05, 4.69) is 18.7 Å². The van der Waals surface area contributed by atoms with Crippen LogP contribution < -0.4 is 0 Å². The number of nitrogens with zero attached hydrogens (tertiary/aromatic N) is 1. The van der Waals surface area contributed by atoms with E-state index in [1.54, 1.807) is 0 Å². The fraction of sp³-hybridized carbons (Fsp3) is 1.00. The molecule has 0 spiro atoms. The standard InChI is InChI=1S/C12H25NO/c1-3-5-7-11-9-12(14)10-13(11)8-6-4-2/h11-12,14H,3-10H2,1-2H3/t11-,12-/m1/s1. The maximum absolute atomic E-state index is 9.63. The molecule has 0 aromatic heterocycles. The maximum Gasteiger partial charge on any atom is 0.0682 e. The van der Waals surface area contributed by atoms with E-state index >= 15 is 0 Å². The molecule has 1 N–H and O–H groups in total. The van der Waals surface area contributed by atoms with Crippen molar-refractivity contribution in [3.8, 4) is 0 Å². The number of likely N-dealkylation sites (tertiary alicyclic amines) is 1. The highest BCUT2D eigenvalue weighted by atomic mass is 16.3. The number of hydrogen-bond acceptors (Lipinski definition) is 2. The van der Waals surface area contributed by atoms with Gasteiger partial charge in [0.25, 0.3) is 0 Å². The van der Waals surface area contributed by atoms with Crippen LogP contribution in [0, 0.1) is 0 Å². The van der Waals surface area contributed by atoms with Crippen LogP contribution in [0.2, 0.25) is 0 Å². The summed E-state index contributed by atoms with van der Waals surface area (Å²) in [7, 11) is 0. The molecule has 1 heterocycles. The number of unbranched alkanes of at least 4 members (excludes halogenated alkanes) is 2. The molecule has 0 bridgehead atoms. The molecule has 0 aromatic rings. The van der Waals surface area contributed by atoms with Gasteiger partial charge in [0.2, 0.25) is 0 Å². The van der Waals surface area contributed by atoms with Gasteiger partial charge < -0.3 is 5.11 Å². The van der Waals surface area contributed by atoms with Crippen LogP contribution in [0.5, 0.6) is 0 Å².